The maximum Gasteiger partial charge on any atom is 0.342 e. The number of esters is 1. The van der Waals surface area contributed by atoms with Gasteiger partial charge in [-0.1, -0.05) is 18.2 Å². The lowest BCUT2D eigenvalue weighted by Crippen LogP contribution is -2.08. The number of hydrogen-bond acceptors (Lipinski definition) is 3. The van der Waals surface area contributed by atoms with E-state index in [0.29, 0.717) is 5.56 Å². The molecule has 0 aliphatic rings. The van der Waals surface area contributed by atoms with Gasteiger partial charge in [-0.15, -0.1) is 0 Å². The number of ether oxygens (including phenoxy) is 1. The first kappa shape index (κ1) is 16.6. The summed E-state index contributed by atoms with van der Waals surface area (Å²) in [5.74, 6) is -4.96. The van der Waals surface area contributed by atoms with Gasteiger partial charge in [-0.2, -0.15) is 5.26 Å². The maximum atomic E-state index is 14.2. The largest absolute Gasteiger partial charge is 0.465 e. The van der Waals surface area contributed by atoms with Crippen molar-refractivity contribution in [3.8, 4) is 17.2 Å². The summed E-state index contributed by atoms with van der Waals surface area (Å²) < 4.78 is 45.4. The van der Waals surface area contributed by atoms with Crippen LogP contribution in [-0.4, -0.2) is 13.1 Å². The van der Waals surface area contributed by atoms with E-state index in [-0.39, 0.29) is 16.7 Å². The Morgan fingerprint density at radius 1 is 1.22 bits per heavy atom. The molecule has 0 saturated heterocycles. The third-order valence-corrected chi connectivity index (χ3v) is 3.30. The van der Waals surface area contributed by atoms with Crippen molar-refractivity contribution in [3.63, 3.8) is 0 Å². The van der Waals surface area contributed by atoms with E-state index in [2.05, 4.69) is 4.74 Å². The van der Waals surface area contributed by atoms with Crippen LogP contribution in [0.5, 0.6) is 0 Å². The van der Waals surface area contributed by atoms with Crippen molar-refractivity contribution in [2.24, 2.45) is 0 Å². The average molecular weight is 319 g/mol. The third kappa shape index (κ3) is 3.34. The maximum absolute atomic E-state index is 14.2. The van der Waals surface area contributed by atoms with E-state index in [4.69, 9.17) is 5.26 Å². The van der Waals surface area contributed by atoms with Gasteiger partial charge in [0.25, 0.3) is 5.92 Å². The van der Waals surface area contributed by atoms with Crippen molar-refractivity contribution in [2.75, 3.05) is 7.11 Å². The zero-order chi connectivity index (χ0) is 17.2. The van der Waals surface area contributed by atoms with Gasteiger partial charge >= 0.3 is 5.97 Å². The van der Waals surface area contributed by atoms with Crippen molar-refractivity contribution in [1.82, 2.24) is 0 Å². The second-order valence-corrected chi connectivity index (χ2v) is 4.95. The highest BCUT2D eigenvalue weighted by atomic mass is 19.3. The molecule has 2 aromatic carbocycles. The highest BCUT2D eigenvalue weighted by Crippen LogP contribution is 2.31. The molecule has 3 nitrogen and oxygen atoms in total. The topological polar surface area (TPSA) is 50.1 Å². The summed E-state index contributed by atoms with van der Waals surface area (Å²) in [6.45, 7) is 0.758. The molecule has 0 heterocycles. The van der Waals surface area contributed by atoms with E-state index >= 15 is 0 Å². The lowest BCUT2D eigenvalue weighted by Gasteiger charge is -2.13. The summed E-state index contributed by atoms with van der Waals surface area (Å²) in [5, 5.41) is 9.10. The molecule has 2 rings (SSSR count). The number of hydrogen-bond donors (Lipinski definition) is 0. The average Bonchev–Trinajstić information content (AvgIpc) is 2.52. The van der Waals surface area contributed by atoms with Crippen molar-refractivity contribution in [3.05, 3.63) is 58.9 Å². The number of carbonyl (C=O) groups is 1. The molecule has 0 aromatic heterocycles. The van der Waals surface area contributed by atoms with Gasteiger partial charge in [0.1, 0.15) is 17.4 Å². The number of carbonyl (C=O) groups excluding carboxylic acids is 1. The third-order valence-electron chi connectivity index (χ3n) is 3.30. The fraction of sp³-hybridized carbons (Fsp3) is 0.176. The van der Waals surface area contributed by atoms with Crippen molar-refractivity contribution in [1.29, 1.82) is 5.26 Å². The first-order valence-corrected chi connectivity index (χ1v) is 6.58. The number of methoxy groups -OCH3 is 1. The van der Waals surface area contributed by atoms with Crippen LogP contribution in [0.3, 0.4) is 0 Å². The van der Waals surface area contributed by atoms with Gasteiger partial charge in [-0.25, -0.2) is 18.0 Å². The second-order valence-electron chi connectivity index (χ2n) is 4.95. The molecule has 0 atom stereocenters. The van der Waals surface area contributed by atoms with Crippen molar-refractivity contribution >= 4 is 5.97 Å². The number of benzene rings is 2. The van der Waals surface area contributed by atoms with Crippen LogP contribution in [0.1, 0.15) is 28.4 Å². The monoisotopic (exact) mass is 319 g/mol. The van der Waals surface area contributed by atoms with E-state index in [1.54, 1.807) is 6.07 Å². The fourth-order valence-corrected chi connectivity index (χ4v) is 2.14. The lowest BCUT2D eigenvalue weighted by atomic mass is 9.96. The minimum Gasteiger partial charge on any atom is -0.465 e. The van der Waals surface area contributed by atoms with E-state index < -0.39 is 23.3 Å². The standard InChI is InChI=1S/C17H12F3NO2/c1-17(19,20)13-5-3-4-10(7-13)11-6-12(9-21)15(14(18)8-11)16(22)23-2/h3-8H,1-2H3. The van der Waals surface area contributed by atoms with E-state index in [1.165, 1.54) is 30.3 Å². The Morgan fingerprint density at radius 3 is 2.48 bits per heavy atom. The zero-order valence-corrected chi connectivity index (χ0v) is 12.4. The Bertz CT molecular complexity index is 804. The second kappa shape index (κ2) is 6.13. The van der Waals surface area contributed by atoms with Gasteiger partial charge in [0.05, 0.1) is 12.7 Å². The minimum atomic E-state index is -3.04. The number of nitrogens with zero attached hydrogens (tertiary/aromatic N) is 1. The van der Waals surface area contributed by atoms with Gasteiger partial charge in [0.2, 0.25) is 0 Å². The van der Waals surface area contributed by atoms with Crippen molar-refractivity contribution < 1.29 is 22.7 Å². The quantitative estimate of drug-likeness (QED) is 0.794. The van der Waals surface area contributed by atoms with Gasteiger partial charge in [-0.05, 0) is 29.3 Å². The molecular weight excluding hydrogens is 307 g/mol. The van der Waals surface area contributed by atoms with Crippen LogP contribution in [0.25, 0.3) is 11.1 Å². The molecule has 0 spiro atoms. The normalized spacial score (nSPS) is 11.0. The number of alkyl halides is 2. The SMILES string of the molecule is COC(=O)c1c(F)cc(-c2cccc(C(C)(F)F)c2)cc1C#N. The Hall–Kier alpha value is -2.81. The Morgan fingerprint density at radius 2 is 1.91 bits per heavy atom. The number of nitriles is 1. The first-order valence-electron chi connectivity index (χ1n) is 6.58. The van der Waals surface area contributed by atoms with E-state index in [0.717, 1.165) is 20.1 Å². The number of rotatable bonds is 3. The fourth-order valence-electron chi connectivity index (χ4n) is 2.14. The van der Waals surface area contributed by atoms with Gasteiger partial charge in [-0.3, -0.25) is 0 Å². The Labute approximate surface area is 130 Å². The first-order chi connectivity index (χ1) is 10.8. The molecule has 0 amide bonds. The summed E-state index contributed by atoms with van der Waals surface area (Å²) >= 11 is 0. The van der Waals surface area contributed by atoms with Crippen LogP contribution >= 0.6 is 0 Å². The summed E-state index contributed by atoms with van der Waals surface area (Å²) in [6.07, 6.45) is 0. The van der Waals surface area contributed by atoms with Crippen LogP contribution < -0.4 is 0 Å². The molecule has 0 radical (unpaired) electrons. The summed E-state index contributed by atoms with van der Waals surface area (Å²) in [4.78, 5) is 11.5. The molecule has 6 heteroatoms. The Balaban J connectivity index is 2.61. The van der Waals surface area contributed by atoms with Gasteiger partial charge < -0.3 is 4.74 Å². The van der Waals surface area contributed by atoms with Crippen LogP contribution in [0.15, 0.2) is 36.4 Å². The molecule has 118 valence electrons. The molecule has 2 aromatic rings. The highest BCUT2D eigenvalue weighted by molar-refractivity contribution is 5.93. The highest BCUT2D eigenvalue weighted by Gasteiger charge is 2.25. The summed E-state index contributed by atoms with van der Waals surface area (Å²) in [5.41, 5.74) is -0.393. The van der Waals surface area contributed by atoms with E-state index in [1.807, 2.05) is 0 Å². The minimum absolute atomic E-state index is 0.220. The van der Waals surface area contributed by atoms with Gasteiger partial charge in [0, 0.05) is 12.5 Å². The molecule has 0 bridgehead atoms. The van der Waals surface area contributed by atoms with Crippen LogP contribution in [0.2, 0.25) is 0 Å². The Kier molecular flexibility index (Phi) is 4.41. The predicted octanol–water partition coefficient (Wildman–Crippen LogP) is 4.26. The summed E-state index contributed by atoms with van der Waals surface area (Å²) in [6, 6.07) is 9.41. The molecule has 0 fully saturated rings. The molecule has 0 aliphatic heterocycles. The molecule has 0 unspecified atom stereocenters. The predicted molar refractivity (Wildman–Crippen MR) is 77.5 cm³/mol. The van der Waals surface area contributed by atoms with Gasteiger partial charge in [0.15, 0.2) is 0 Å². The van der Waals surface area contributed by atoms with E-state index in [9.17, 15) is 18.0 Å². The van der Waals surface area contributed by atoms with Crippen molar-refractivity contribution in [2.45, 2.75) is 12.8 Å². The summed E-state index contributed by atoms with van der Waals surface area (Å²) in [7, 11) is 1.07. The van der Waals surface area contributed by atoms with Crippen LogP contribution in [0.4, 0.5) is 13.2 Å². The zero-order valence-electron chi connectivity index (χ0n) is 12.4. The van der Waals surface area contributed by atoms with Crippen LogP contribution in [0, 0.1) is 17.1 Å². The smallest absolute Gasteiger partial charge is 0.342 e. The molecule has 0 N–H and O–H groups in total. The molecular formula is C17H12F3NO2. The van der Waals surface area contributed by atoms with Crippen LogP contribution in [-0.2, 0) is 10.7 Å². The molecule has 0 saturated carbocycles. The number of halogens is 3. The lowest BCUT2D eigenvalue weighted by molar-refractivity contribution is 0.0175. The molecule has 0 aliphatic carbocycles. The molecule has 23 heavy (non-hydrogen) atoms.